The molecule has 1 aliphatic rings. The molecular formula is C15H18N2O5S. The van der Waals surface area contributed by atoms with Crippen LogP contribution in [0.25, 0.3) is 0 Å². The molecule has 0 bridgehead atoms. The molecule has 1 N–H and O–H groups in total. The molecule has 0 saturated carbocycles. The van der Waals surface area contributed by atoms with Gasteiger partial charge in [-0.1, -0.05) is 5.16 Å². The molecule has 0 unspecified atom stereocenters. The van der Waals surface area contributed by atoms with E-state index in [-0.39, 0.29) is 17.2 Å². The van der Waals surface area contributed by atoms with Crippen LogP contribution in [0.1, 0.15) is 22.6 Å². The van der Waals surface area contributed by atoms with E-state index in [4.69, 9.17) is 14.0 Å². The van der Waals surface area contributed by atoms with Crippen LogP contribution in [-0.2, 0) is 16.6 Å². The zero-order valence-electron chi connectivity index (χ0n) is 13.2. The Bertz CT molecular complexity index is 822. The summed E-state index contributed by atoms with van der Waals surface area (Å²) in [5.41, 5.74) is 2.09. The molecule has 0 amide bonds. The van der Waals surface area contributed by atoms with Gasteiger partial charge in [-0.25, -0.2) is 13.1 Å². The zero-order chi connectivity index (χ0) is 16.6. The van der Waals surface area contributed by atoms with Gasteiger partial charge in [0.15, 0.2) is 17.3 Å². The van der Waals surface area contributed by atoms with Crippen molar-refractivity contribution in [3.63, 3.8) is 0 Å². The first-order valence-electron chi connectivity index (χ1n) is 7.20. The molecule has 8 heteroatoms. The third-order valence-corrected chi connectivity index (χ3v) is 5.33. The predicted octanol–water partition coefficient (Wildman–Crippen LogP) is 1.85. The second-order valence-electron chi connectivity index (χ2n) is 5.40. The minimum atomic E-state index is -3.69. The van der Waals surface area contributed by atoms with Crippen LogP contribution in [0.4, 0.5) is 0 Å². The molecule has 1 aliphatic heterocycles. The van der Waals surface area contributed by atoms with Crippen LogP contribution in [0.5, 0.6) is 11.5 Å². The van der Waals surface area contributed by atoms with Gasteiger partial charge < -0.3 is 14.0 Å². The predicted molar refractivity (Wildman–Crippen MR) is 82.2 cm³/mol. The largest absolute Gasteiger partial charge is 0.486 e. The highest BCUT2D eigenvalue weighted by atomic mass is 32.2. The Balaban J connectivity index is 1.83. The minimum absolute atomic E-state index is 0.0905. The van der Waals surface area contributed by atoms with E-state index < -0.39 is 10.0 Å². The summed E-state index contributed by atoms with van der Waals surface area (Å²) in [6.07, 6.45) is 0. The molecule has 1 aromatic carbocycles. The van der Waals surface area contributed by atoms with Crippen molar-refractivity contribution in [3.05, 3.63) is 34.7 Å². The van der Waals surface area contributed by atoms with Gasteiger partial charge in [-0.15, -0.1) is 0 Å². The van der Waals surface area contributed by atoms with Crippen molar-refractivity contribution in [2.45, 2.75) is 32.2 Å². The SMILES string of the molecule is Cc1cc2c(cc1CNS(=O)(=O)c1c(C)noc1C)OCCO2. The Kier molecular flexibility index (Phi) is 4.03. The molecule has 2 heterocycles. The monoisotopic (exact) mass is 338 g/mol. The lowest BCUT2D eigenvalue weighted by atomic mass is 10.1. The van der Waals surface area contributed by atoms with E-state index >= 15 is 0 Å². The Morgan fingerprint density at radius 2 is 1.78 bits per heavy atom. The standard InChI is InChI=1S/C15H18N2O5S/c1-9-6-13-14(21-5-4-20-13)7-12(9)8-16-23(18,19)15-10(2)17-22-11(15)3/h6-7,16H,4-5,8H2,1-3H3. The lowest BCUT2D eigenvalue weighted by molar-refractivity contribution is 0.171. The number of fused-ring (bicyclic) bond motifs is 1. The van der Waals surface area contributed by atoms with Gasteiger partial charge in [0.1, 0.15) is 23.8 Å². The first kappa shape index (κ1) is 15.8. The first-order valence-corrected chi connectivity index (χ1v) is 8.68. The quantitative estimate of drug-likeness (QED) is 0.915. The maximum absolute atomic E-state index is 12.4. The van der Waals surface area contributed by atoms with Crippen molar-refractivity contribution in [2.24, 2.45) is 0 Å². The molecule has 23 heavy (non-hydrogen) atoms. The van der Waals surface area contributed by atoms with E-state index in [1.165, 1.54) is 0 Å². The lowest BCUT2D eigenvalue weighted by Gasteiger charge is -2.20. The second kappa shape index (κ2) is 5.86. The Morgan fingerprint density at radius 1 is 1.13 bits per heavy atom. The van der Waals surface area contributed by atoms with E-state index in [0.717, 1.165) is 11.1 Å². The smallest absolute Gasteiger partial charge is 0.246 e. The highest BCUT2D eigenvalue weighted by Crippen LogP contribution is 2.33. The number of hydrogen-bond acceptors (Lipinski definition) is 6. The van der Waals surface area contributed by atoms with Crippen molar-refractivity contribution in [3.8, 4) is 11.5 Å². The molecular weight excluding hydrogens is 320 g/mol. The summed E-state index contributed by atoms with van der Waals surface area (Å²) in [4.78, 5) is 0.0905. The van der Waals surface area contributed by atoms with Crippen molar-refractivity contribution >= 4 is 10.0 Å². The maximum Gasteiger partial charge on any atom is 0.246 e. The van der Waals surface area contributed by atoms with Gasteiger partial charge in [0.05, 0.1) is 0 Å². The fraction of sp³-hybridized carbons (Fsp3) is 0.400. The molecule has 2 aromatic rings. The third-order valence-electron chi connectivity index (χ3n) is 3.69. The minimum Gasteiger partial charge on any atom is -0.486 e. The van der Waals surface area contributed by atoms with Gasteiger partial charge in [0.25, 0.3) is 0 Å². The molecule has 0 aliphatic carbocycles. The normalized spacial score (nSPS) is 14.0. The van der Waals surface area contributed by atoms with Crippen LogP contribution in [-0.4, -0.2) is 26.8 Å². The molecule has 1 aromatic heterocycles. The number of ether oxygens (including phenoxy) is 2. The number of aromatic nitrogens is 1. The Hall–Kier alpha value is -2.06. The molecule has 0 spiro atoms. The lowest BCUT2D eigenvalue weighted by Crippen LogP contribution is -2.25. The van der Waals surface area contributed by atoms with Crippen molar-refractivity contribution in [2.75, 3.05) is 13.2 Å². The van der Waals surface area contributed by atoms with E-state index in [2.05, 4.69) is 9.88 Å². The maximum atomic E-state index is 12.4. The van der Waals surface area contributed by atoms with Crippen molar-refractivity contribution in [1.82, 2.24) is 9.88 Å². The number of rotatable bonds is 4. The van der Waals surface area contributed by atoms with E-state index in [1.807, 2.05) is 13.0 Å². The number of benzene rings is 1. The van der Waals surface area contributed by atoms with Crippen LogP contribution in [0.2, 0.25) is 0 Å². The van der Waals surface area contributed by atoms with Gasteiger partial charge in [-0.05, 0) is 44.0 Å². The molecule has 0 radical (unpaired) electrons. The topological polar surface area (TPSA) is 90.7 Å². The summed E-state index contributed by atoms with van der Waals surface area (Å²) in [5, 5.41) is 3.68. The summed E-state index contributed by atoms with van der Waals surface area (Å²) < 4.78 is 43.4. The number of nitrogens with one attached hydrogen (secondary N) is 1. The zero-order valence-corrected chi connectivity index (χ0v) is 14.0. The molecule has 0 fully saturated rings. The number of nitrogens with zero attached hydrogens (tertiary/aromatic N) is 1. The second-order valence-corrected chi connectivity index (χ2v) is 7.10. The summed E-state index contributed by atoms with van der Waals surface area (Å²) in [5.74, 6) is 1.59. The summed E-state index contributed by atoms with van der Waals surface area (Å²) >= 11 is 0. The fourth-order valence-electron chi connectivity index (χ4n) is 2.53. The van der Waals surface area contributed by atoms with E-state index in [1.54, 1.807) is 19.9 Å². The Labute approximate surface area is 134 Å². The fourth-order valence-corrected chi connectivity index (χ4v) is 3.86. The first-order chi connectivity index (χ1) is 10.9. The molecule has 3 rings (SSSR count). The van der Waals surface area contributed by atoms with Crippen molar-refractivity contribution < 1.29 is 22.4 Å². The Morgan fingerprint density at radius 3 is 2.39 bits per heavy atom. The van der Waals surface area contributed by atoms with Gasteiger partial charge >= 0.3 is 0 Å². The van der Waals surface area contributed by atoms with Crippen LogP contribution < -0.4 is 14.2 Å². The summed E-state index contributed by atoms with van der Waals surface area (Å²) in [6, 6.07) is 3.66. The molecule has 124 valence electrons. The number of hydrogen-bond donors (Lipinski definition) is 1. The average Bonchev–Trinajstić information content (AvgIpc) is 2.85. The van der Waals surface area contributed by atoms with Crippen LogP contribution in [0.15, 0.2) is 21.6 Å². The van der Waals surface area contributed by atoms with Crippen LogP contribution >= 0.6 is 0 Å². The number of sulfonamides is 1. The highest BCUT2D eigenvalue weighted by molar-refractivity contribution is 7.89. The molecule has 7 nitrogen and oxygen atoms in total. The number of aryl methyl sites for hydroxylation is 3. The van der Waals surface area contributed by atoms with Gasteiger partial charge in [-0.3, -0.25) is 0 Å². The van der Waals surface area contributed by atoms with E-state index in [0.29, 0.717) is 30.4 Å². The van der Waals surface area contributed by atoms with Gasteiger partial charge in [0.2, 0.25) is 10.0 Å². The molecule has 0 atom stereocenters. The van der Waals surface area contributed by atoms with Crippen LogP contribution in [0.3, 0.4) is 0 Å². The van der Waals surface area contributed by atoms with E-state index in [9.17, 15) is 8.42 Å². The van der Waals surface area contributed by atoms with Crippen LogP contribution in [0, 0.1) is 20.8 Å². The van der Waals surface area contributed by atoms with Gasteiger partial charge in [-0.2, -0.15) is 0 Å². The van der Waals surface area contributed by atoms with Crippen molar-refractivity contribution in [1.29, 1.82) is 0 Å². The highest BCUT2D eigenvalue weighted by Gasteiger charge is 2.24. The summed E-state index contributed by atoms with van der Waals surface area (Å²) in [7, 11) is -3.69. The average molecular weight is 338 g/mol. The van der Waals surface area contributed by atoms with Gasteiger partial charge in [0, 0.05) is 6.54 Å². The molecule has 0 saturated heterocycles. The summed E-state index contributed by atoms with van der Waals surface area (Å²) in [6.45, 7) is 6.22. The third kappa shape index (κ3) is 3.04.